The number of carbonyl (C=O) groups is 2. The Hall–Kier alpha value is -2.54. The van der Waals surface area contributed by atoms with Crippen LogP contribution in [0.2, 0.25) is 0 Å². The molecule has 0 saturated carbocycles. The van der Waals surface area contributed by atoms with Gasteiger partial charge in [0, 0.05) is 12.8 Å². The van der Waals surface area contributed by atoms with Crippen molar-refractivity contribution in [2.24, 2.45) is 0 Å². The quantitative estimate of drug-likeness (QED) is 0.0205. The standard InChI is InChI=1S/C50H86O15/c1-3-5-7-9-11-13-15-17-19-21-22-24-26-28-30-32-41(52)60-35-38(63-42(53)33-31-29-27-25-23-20-18-16-14-12-10-8-6-4-2)36-61-49-48(59)46(57)44(55)40(65-49)37-62-50-47(58)45(56)43(54)39(34-51)64-50/h10,12,16-19,22,24,38-40,43-51,54-59H,3-9,11,13-15,20-21,23,25-37H2,1-2H3/b12-10+,18-16+,19-17+,24-22+/t38-,39-,40-,43+,44+,45?,46?,47?,48?,49-,50-/m1/s1. The van der Waals surface area contributed by atoms with Crippen molar-refractivity contribution >= 4 is 11.9 Å². The molecule has 0 aromatic heterocycles. The molecule has 0 amide bonds. The molecule has 4 unspecified atom stereocenters. The van der Waals surface area contributed by atoms with Gasteiger partial charge in [-0.2, -0.15) is 0 Å². The summed E-state index contributed by atoms with van der Waals surface area (Å²) >= 11 is 0. The Labute approximate surface area is 388 Å². The smallest absolute Gasteiger partial charge is 0.306 e. The maximum Gasteiger partial charge on any atom is 0.306 e. The summed E-state index contributed by atoms with van der Waals surface area (Å²) in [7, 11) is 0. The van der Waals surface area contributed by atoms with Crippen LogP contribution in [-0.2, 0) is 38.0 Å². The van der Waals surface area contributed by atoms with Gasteiger partial charge in [0.1, 0.15) is 55.4 Å². The number of aliphatic hydroxyl groups is 7. The van der Waals surface area contributed by atoms with E-state index in [4.69, 9.17) is 28.4 Å². The van der Waals surface area contributed by atoms with E-state index in [2.05, 4.69) is 62.5 Å². The van der Waals surface area contributed by atoms with Gasteiger partial charge in [-0.3, -0.25) is 9.59 Å². The second kappa shape index (κ2) is 37.4. The number of ether oxygens (including phenoxy) is 6. The predicted molar refractivity (Wildman–Crippen MR) is 247 cm³/mol. The van der Waals surface area contributed by atoms with Crippen LogP contribution in [0.3, 0.4) is 0 Å². The van der Waals surface area contributed by atoms with Crippen LogP contribution < -0.4 is 0 Å². The van der Waals surface area contributed by atoms with Crippen LogP contribution in [0.4, 0.5) is 0 Å². The Balaban J connectivity index is 1.85. The predicted octanol–water partition coefficient (Wildman–Crippen LogP) is 6.32. The Morgan fingerprint density at radius 1 is 0.492 bits per heavy atom. The molecule has 0 spiro atoms. The summed E-state index contributed by atoms with van der Waals surface area (Å²) in [6.45, 7) is 2.47. The average Bonchev–Trinajstić information content (AvgIpc) is 3.30. The number of esters is 2. The van der Waals surface area contributed by atoms with Gasteiger partial charge in [0.15, 0.2) is 18.7 Å². The van der Waals surface area contributed by atoms with Crippen LogP contribution in [0.1, 0.15) is 162 Å². The number of carbonyl (C=O) groups excluding carboxylic acids is 2. The maximum absolute atomic E-state index is 13.0. The summed E-state index contributed by atoms with van der Waals surface area (Å²) in [4.78, 5) is 25.7. The topological polar surface area (TPSA) is 231 Å². The van der Waals surface area contributed by atoms with Crippen LogP contribution in [0.5, 0.6) is 0 Å². The Kier molecular flexibility index (Phi) is 33.7. The number of aliphatic hydroxyl groups excluding tert-OH is 7. The number of unbranched alkanes of at least 4 members (excludes halogenated alkanes) is 15. The lowest BCUT2D eigenvalue weighted by molar-refractivity contribution is -0.332. The molecular formula is C50H86O15. The molecule has 7 N–H and O–H groups in total. The minimum atomic E-state index is -1.77. The molecule has 65 heavy (non-hydrogen) atoms. The van der Waals surface area contributed by atoms with Crippen molar-refractivity contribution in [1.82, 2.24) is 0 Å². The molecular weight excluding hydrogens is 841 g/mol. The van der Waals surface area contributed by atoms with Gasteiger partial charge in [-0.15, -0.1) is 0 Å². The molecule has 2 aliphatic heterocycles. The third kappa shape index (κ3) is 26.0. The van der Waals surface area contributed by atoms with E-state index < -0.39 is 99.3 Å². The normalized spacial score (nSPS) is 26.8. The van der Waals surface area contributed by atoms with Gasteiger partial charge in [0.05, 0.1) is 19.8 Å². The van der Waals surface area contributed by atoms with Gasteiger partial charge in [-0.25, -0.2) is 0 Å². The fourth-order valence-electron chi connectivity index (χ4n) is 7.38. The summed E-state index contributed by atoms with van der Waals surface area (Å²) in [5, 5.41) is 72.0. The Morgan fingerprint density at radius 3 is 1.51 bits per heavy atom. The van der Waals surface area contributed by atoms with Crippen LogP contribution in [-0.4, -0.2) is 142 Å². The second-order valence-corrected chi connectivity index (χ2v) is 17.3. The Bertz CT molecular complexity index is 1320. The molecule has 0 aromatic rings. The summed E-state index contributed by atoms with van der Waals surface area (Å²) in [5.74, 6) is -0.983. The van der Waals surface area contributed by atoms with Crippen molar-refractivity contribution in [2.75, 3.05) is 26.4 Å². The molecule has 0 radical (unpaired) electrons. The second-order valence-electron chi connectivity index (χ2n) is 17.3. The third-order valence-electron chi connectivity index (χ3n) is 11.5. The van der Waals surface area contributed by atoms with Gasteiger partial charge >= 0.3 is 11.9 Å². The fraction of sp³-hybridized carbons (Fsp3) is 0.800. The van der Waals surface area contributed by atoms with E-state index in [1.54, 1.807) is 0 Å². The van der Waals surface area contributed by atoms with Gasteiger partial charge < -0.3 is 64.2 Å². The van der Waals surface area contributed by atoms with Crippen molar-refractivity contribution in [3.63, 3.8) is 0 Å². The molecule has 0 aromatic carbocycles. The number of rotatable bonds is 37. The summed E-state index contributed by atoms with van der Waals surface area (Å²) < 4.78 is 33.5. The van der Waals surface area contributed by atoms with E-state index in [-0.39, 0.29) is 19.4 Å². The van der Waals surface area contributed by atoms with E-state index in [1.807, 2.05) is 0 Å². The SMILES string of the molecule is CCCC/C=C/C/C=C/CCCCCCCC(=O)O[C@H](COC(=O)CCCC/C=C/C/C=C/CCCCCCCC)CO[C@@H]1O[C@H](CO[C@@H]2O[C@H](CO)[C@H](O)C(O)C2O)[C@H](O)C(O)C1O. The van der Waals surface area contributed by atoms with Gasteiger partial charge in [0.25, 0.3) is 0 Å². The largest absolute Gasteiger partial charge is 0.462 e. The highest BCUT2D eigenvalue weighted by Crippen LogP contribution is 2.26. The highest BCUT2D eigenvalue weighted by atomic mass is 16.7. The lowest BCUT2D eigenvalue weighted by Crippen LogP contribution is -2.61. The van der Waals surface area contributed by atoms with Crippen LogP contribution in [0, 0.1) is 0 Å². The van der Waals surface area contributed by atoms with Crippen molar-refractivity contribution < 1.29 is 73.8 Å². The zero-order valence-electron chi connectivity index (χ0n) is 39.5. The van der Waals surface area contributed by atoms with Gasteiger partial charge in [-0.1, -0.05) is 127 Å². The van der Waals surface area contributed by atoms with E-state index in [0.29, 0.717) is 12.8 Å². The minimum absolute atomic E-state index is 0.141. The molecule has 11 atom stereocenters. The van der Waals surface area contributed by atoms with E-state index in [9.17, 15) is 45.3 Å². The lowest BCUT2D eigenvalue weighted by Gasteiger charge is -2.42. The van der Waals surface area contributed by atoms with Gasteiger partial charge in [-0.05, 0) is 70.6 Å². The Morgan fingerprint density at radius 2 is 0.938 bits per heavy atom. The first kappa shape index (κ1) is 58.6. The summed E-state index contributed by atoms with van der Waals surface area (Å²) in [5.41, 5.74) is 0. The van der Waals surface area contributed by atoms with E-state index in [1.165, 1.54) is 51.4 Å². The molecule has 2 rings (SSSR count). The van der Waals surface area contributed by atoms with Crippen molar-refractivity contribution in [1.29, 1.82) is 0 Å². The maximum atomic E-state index is 13.0. The molecule has 0 aliphatic carbocycles. The molecule has 15 heteroatoms. The highest BCUT2D eigenvalue weighted by molar-refractivity contribution is 5.70. The number of allylic oxidation sites excluding steroid dienone is 8. The average molecular weight is 927 g/mol. The molecule has 2 saturated heterocycles. The first-order valence-electron chi connectivity index (χ1n) is 24.7. The summed E-state index contributed by atoms with van der Waals surface area (Å²) in [6.07, 6.45) is 22.9. The number of hydrogen-bond donors (Lipinski definition) is 7. The third-order valence-corrected chi connectivity index (χ3v) is 11.5. The lowest BCUT2D eigenvalue weighted by atomic mass is 9.98. The molecule has 0 bridgehead atoms. The van der Waals surface area contributed by atoms with Gasteiger partial charge in [0.2, 0.25) is 0 Å². The van der Waals surface area contributed by atoms with Crippen molar-refractivity contribution in [2.45, 2.75) is 229 Å². The van der Waals surface area contributed by atoms with E-state index in [0.717, 1.165) is 70.6 Å². The van der Waals surface area contributed by atoms with Crippen molar-refractivity contribution in [3.8, 4) is 0 Å². The summed E-state index contributed by atoms with van der Waals surface area (Å²) in [6, 6.07) is 0. The number of hydrogen-bond acceptors (Lipinski definition) is 15. The van der Waals surface area contributed by atoms with Crippen LogP contribution in [0.25, 0.3) is 0 Å². The zero-order valence-corrected chi connectivity index (χ0v) is 39.5. The highest BCUT2D eigenvalue weighted by Gasteiger charge is 2.47. The first-order valence-corrected chi connectivity index (χ1v) is 24.7. The first-order chi connectivity index (χ1) is 31.5. The molecule has 376 valence electrons. The fourth-order valence-corrected chi connectivity index (χ4v) is 7.38. The minimum Gasteiger partial charge on any atom is -0.462 e. The molecule has 2 fully saturated rings. The molecule has 2 aliphatic rings. The molecule has 2 heterocycles. The van der Waals surface area contributed by atoms with Crippen molar-refractivity contribution in [3.05, 3.63) is 48.6 Å². The van der Waals surface area contributed by atoms with Crippen LogP contribution >= 0.6 is 0 Å². The van der Waals surface area contributed by atoms with E-state index >= 15 is 0 Å². The monoisotopic (exact) mass is 927 g/mol. The van der Waals surface area contributed by atoms with Crippen LogP contribution in [0.15, 0.2) is 48.6 Å². The molecule has 15 nitrogen and oxygen atoms in total. The zero-order chi connectivity index (χ0) is 47.5.